The molecule has 0 aliphatic rings. The smallest absolute Gasteiger partial charge is 0.278 e. The van der Waals surface area contributed by atoms with Crippen molar-refractivity contribution < 1.29 is 9.53 Å². The monoisotopic (exact) mass is 420 g/mol. The lowest BCUT2D eigenvalue weighted by atomic mass is 10.2. The zero-order valence-electron chi connectivity index (χ0n) is 13.8. The maximum atomic E-state index is 11.8. The van der Waals surface area contributed by atoms with Crippen molar-refractivity contribution >= 4 is 45.9 Å². The van der Waals surface area contributed by atoms with Crippen molar-refractivity contribution in [2.75, 3.05) is 12.9 Å². The highest BCUT2D eigenvalue weighted by molar-refractivity contribution is 9.12. The van der Waals surface area contributed by atoms with Crippen molar-refractivity contribution in [2.24, 2.45) is 5.10 Å². The number of ether oxygens (including phenoxy) is 1. The van der Waals surface area contributed by atoms with Crippen molar-refractivity contribution in [2.45, 2.75) is 12.1 Å². The van der Waals surface area contributed by atoms with Crippen LogP contribution in [0.2, 0.25) is 0 Å². The molecule has 1 heterocycles. The van der Waals surface area contributed by atoms with E-state index >= 15 is 0 Å². The van der Waals surface area contributed by atoms with Gasteiger partial charge < -0.3 is 4.74 Å². The van der Waals surface area contributed by atoms with Crippen LogP contribution in [0.3, 0.4) is 0 Å². The van der Waals surface area contributed by atoms with Crippen molar-refractivity contribution in [3.05, 3.63) is 52.1 Å². The molecule has 2 rings (SSSR count). The second kappa shape index (κ2) is 9.95. The highest BCUT2D eigenvalue weighted by Gasteiger charge is 2.05. The van der Waals surface area contributed by atoms with E-state index < -0.39 is 0 Å². The number of benzene rings is 1. The molecule has 0 radical (unpaired) electrons. The minimum atomic E-state index is -0.377. The number of nitrogens with one attached hydrogen (secondary N) is 1. The predicted molar refractivity (Wildman–Crippen MR) is 104 cm³/mol. The number of hydrogen-bond donors (Lipinski definition) is 1. The van der Waals surface area contributed by atoms with Gasteiger partial charge in [0.25, 0.3) is 5.91 Å². The first kappa shape index (κ1) is 19.1. The number of thioether (sulfide) groups is 1. The highest BCUT2D eigenvalue weighted by atomic mass is 79.9. The van der Waals surface area contributed by atoms with Crippen LogP contribution in [-0.4, -0.2) is 35.0 Å². The molecule has 1 amide bonds. The average molecular weight is 421 g/mol. The van der Waals surface area contributed by atoms with Gasteiger partial charge in [-0.15, -0.1) is 0 Å². The van der Waals surface area contributed by atoms with Gasteiger partial charge in [0.1, 0.15) is 0 Å². The Labute approximate surface area is 158 Å². The Kier molecular flexibility index (Phi) is 7.62. The zero-order valence-corrected chi connectivity index (χ0v) is 16.2. The molecule has 1 aromatic heterocycles. The van der Waals surface area contributed by atoms with Crippen LogP contribution in [0.4, 0.5) is 0 Å². The largest absolute Gasteiger partial charge is 0.467 e. The average Bonchev–Trinajstić information content (AvgIpc) is 2.60. The molecular formula is C17H17BrN4O2S. The van der Waals surface area contributed by atoms with Gasteiger partial charge in [-0.3, -0.25) is 4.79 Å². The Morgan fingerprint density at radius 3 is 2.84 bits per heavy atom. The second-order valence-electron chi connectivity index (χ2n) is 4.86. The highest BCUT2D eigenvalue weighted by Crippen LogP contribution is 2.15. The third-order valence-corrected chi connectivity index (χ3v) is 3.81. The summed E-state index contributed by atoms with van der Waals surface area (Å²) in [4.78, 5) is 20.2. The minimum absolute atomic E-state index is 0.179. The number of rotatable bonds is 7. The summed E-state index contributed by atoms with van der Waals surface area (Å²) in [6, 6.07) is 11.4. The minimum Gasteiger partial charge on any atom is -0.467 e. The van der Waals surface area contributed by atoms with Gasteiger partial charge >= 0.3 is 0 Å². The molecular weight excluding hydrogens is 404 g/mol. The first-order valence-electron chi connectivity index (χ1n) is 7.33. The van der Waals surface area contributed by atoms with Crippen molar-refractivity contribution in [3.8, 4) is 5.88 Å². The SMILES string of the molecule is CSc1nc(C)cc(OCC(=O)N/N=C/C(Br)=C/c2ccccc2)n1. The van der Waals surface area contributed by atoms with Gasteiger partial charge in [0.2, 0.25) is 5.88 Å². The quantitative estimate of drug-likeness (QED) is 0.321. The topological polar surface area (TPSA) is 76.5 Å². The summed E-state index contributed by atoms with van der Waals surface area (Å²) in [5.74, 6) is -0.0145. The number of allylic oxidation sites excluding steroid dienone is 1. The van der Waals surface area contributed by atoms with Gasteiger partial charge in [-0.2, -0.15) is 10.1 Å². The molecule has 0 fully saturated rings. The summed E-state index contributed by atoms with van der Waals surface area (Å²) < 4.78 is 6.10. The maximum Gasteiger partial charge on any atom is 0.278 e. The lowest BCUT2D eigenvalue weighted by Crippen LogP contribution is -2.24. The molecule has 130 valence electrons. The number of aryl methyl sites for hydroxylation is 1. The summed E-state index contributed by atoms with van der Waals surface area (Å²) >= 11 is 4.79. The number of nitrogens with zero attached hydrogens (tertiary/aromatic N) is 3. The first-order valence-corrected chi connectivity index (χ1v) is 9.35. The van der Waals surface area contributed by atoms with E-state index in [0.717, 1.165) is 15.7 Å². The van der Waals surface area contributed by atoms with Gasteiger partial charge in [0, 0.05) is 16.2 Å². The summed E-state index contributed by atoms with van der Waals surface area (Å²) in [5, 5.41) is 4.47. The van der Waals surface area contributed by atoms with Crippen LogP contribution in [0.5, 0.6) is 5.88 Å². The van der Waals surface area contributed by atoms with Gasteiger partial charge in [-0.1, -0.05) is 42.1 Å². The van der Waals surface area contributed by atoms with Gasteiger partial charge in [0.05, 0.1) is 6.21 Å². The summed E-state index contributed by atoms with van der Waals surface area (Å²) in [7, 11) is 0. The fraction of sp³-hybridized carbons (Fsp3) is 0.176. The Balaban J connectivity index is 1.82. The van der Waals surface area contributed by atoms with Crippen LogP contribution < -0.4 is 10.2 Å². The summed E-state index contributed by atoms with van der Waals surface area (Å²) in [6.07, 6.45) is 5.27. The second-order valence-corrected chi connectivity index (χ2v) is 6.55. The van der Waals surface area contributed by atoms with Crippen LogP contribution in [0.1, 0.15) is 11.3 Å². The van der Waals surface area contributed by atoms with Crippen molar-refractivity contribution in [3.63, 3.8) is 0 Å². The standard InChI is InChI=1S/C17H17BrN4O2S/c1-12-8-16(21-17(20-12)25-2)24-11-15(23)22-19-10-14(18)9-13-6-4-3-5-7-13/h3-10H,11H2,1-2H3,(H,22,23)/b14-9-,19-10+. The van der Waals surface area contributed by atoms with E-state index in [2.05, 4.69) is 36.4 Å². The Morgan fingerprint density at radius 1 is 1.36 bits per heavy atom. The summed E-state index contributed by atoms with van der Waals surface area (Å²) in [5.41, 5.74) is 4.21. The zero-order chi connectivity index (χ0) is 18.1. The molecule has 2 aromatic rings. The normalized spacial score (nSPS) is 11.6. The van der Waals surface area contributed by atoms with E-state index in [1.165, 1.54) is 18.0 Å². The molecule has 0 saturated heterocycles. The Bertz CT molecular complexity index is 781. The van der Waals surface area contributed by atoms with E-state index in [1.807, 2.05) is 49.6 Å². The summed E-state index contributed by atoms with van der Waals surface area (Å²) in [6.45, 7) is 1.66. The number of halogens is 1. The first-order chi connectivity index (χ1) is 12.1. The molecule has 1 N–H and O–H groups in total. The molecule has 0 atom stereocenters. The van der Waals surface area contributed by atoms with E-state index in [1.54, 1.807) is 6.07 Å². The Hall–Kier alpha value is -2.19. The van der Waals surface area contributed by atoms with Crippen molar-refractivity contribution in [1.82, 2.24) is 15.4 Å². The van der Waals surface area contributed by atoms with Crippen molar-refractivity contribution in [1.29, 1.82) is 0 Å². The molecule has 0 aliphatic carbocycles. The molecule has 0 aliphatic heterocycles. The lowest BCUT2D eigenvalue weighted by Gasteiger charge is -2.06. The number of amides is 1. The molecule has 8 heteroatoms. The fourth-order valence-corrected chi connectivity index (χ4v) is 2.55. The predicted octanol–water partition coefficient (Wildman–Crippen LogP) is 3.42. The van der Waals surface area contributed by atoms with Crippen LogP contribution >= 0.6 is 27.7 Å². The van der Waals surface area contributed by atoms with Crippen LogP contribution in [0, 0.1) is 6.92 Å². The number of carbonyl (C=O) groups excluding carboxylic acids is 1. The number of hydrazone groups is 1. The maximum absolute atomic E-state index is 11.8. The van der Waals surface area contributed by atoms with E-state index in [4.69, 9.17) is 4.74 Å². The molecule has 0 saturated carbocycles. The van der Waals surface area contributed by atoms with Gasteiger partial charge in [-0.25, -0.2) is 10.4 Å². The third kappa shape index (κ3) is 7.06. The van der Waals surface area contributed by atoms with E-state index in [-0.39, 0.29) is 12.5 Å². The number of hydrogen-bond acceptors (Lipinski definition) is 6. The fourth-order valence-electron chi connectivity index (χ4n) is 1.76. The van der Waals surface area contributed by atoms with Crippen LogP contribution in [0.25, 0.3) is 6.08 Å². The van der Waals surface area contributed by atoms with E-state index in [0.29, 0.717) is 11.0 Å². The lowest BCUT2D eigenvalue weighted by molar-refractivity contribution is -0.123. The molecule has 1 aromatic carbocycles. The van der Waals surface area contributed by atoms with E-state index in [9.17, 15) is 4.79 Å². The molecule has 0 bridgehead atoms. The van der Waals surface area contributed by atoms with Gasteiger partial charge in [-0.05, 0) is 40.7 Å². The Morgan fingerprint density at radius 2 is 2.12 bits per heavy atom. The molecule has 6 nitrogen and oxygen atoms in total. The number of aromatic nitrogens is 2. The number of carbonyl (C=O) groups is 1. The molecule has 25 heavy (non-hydrogen) atoms. The van der Waals surface area contributed by atoms with Gasteiger partial charge in [0.15, 0.2) is 11.8 Å². The van der Waals surface area contributed by atoms with Crippen LogP contribution in [-0.2, 0) is 4.79 Å². The van der Waals surface area contributed by atoms with Crippen LogP contribution in [0.15, 0.2) is 51.1 Å². The third-order valence-electron chi connectivity index (χ3n) is 2.83. The molecule has 0 spiro atoms. The molecule has 0 unspecified atom stereocenters.